The van der Waals surface area contributed by atoms with Crippen molar-refractivity contribution in [3.63, 3.8) is 0 Å². The number of rotatable bonds is 7. The number of carbonyl (C=O) groups is 2. The number of aryl methyl sites for hydroxylation is 1. The summed E-state index contributed by atoms with van der Waals surface area (Å²) in [5, 5.41) is 7.66. The van der Waals surface area contributed by atoms with Gasteiger partial charge in [0.2, 0.25) is 5.91 Å². The zero-order valence-electron chi connectivity index (χ0n) is 13.8. The Morgan fingerprint density at radius 1 is 1.36 bits per heavy atom. The molecule has 1 rings (SSSR count). The van der Waals surface area contributed by atoms with Crippen molar-refractivity contribution >= 4 is 29.4 Å². The molecule has 22 heavy (non-hydrogen) atoms. The standard InChI is InChI=1S/C16H24ClN3O2/c1-10(2)9-20-16(17)14(13(5)19-20)6-7-15(22)18-11(3)8-12(4)21/h6-7,10-11H,8-9H2,1-5H3,(H,18,22). The maximum absolute atomic E-state index is 11.8. The fourth-order valence-electron chi connectivity index (χ4n) is 2.16. The molecular formula is C16H24ClN3O2. The number of ketones is 1. The van der Waals surface area contributed by atoms with Gasteiger partial charge in [0, 0.05) is 30.6 Å². The zero-order chi connectivity index (χ0) is 16.9. The van der Waals surface area contributed by atoms with Gasteiger partial charge in [-0.3, -0.25) is 14.3 Å². The van der Waals surface area contributed by atoms with Crippen LogP contribution in [0.15, 0.2) is 6.08 Å². The number of nitrogens with one attached hydrogen (secondary N) is 1. The van der Waals surface area contributed by atoms with Crippen LogP contribution in [0.2, 0.25) is 5.15 Å². The molecule has 0 aliphatic heterocycles. The highest BCUT2D eigenvalue weighted by molar-refractivity contribution is 6.31. The van der Waals surface area contributed by atoms with E-state index >= 15 is 0 Å². The van der Waals surface area contributed by atoms with Crippen molar-refractivity contribution in [1.29, 1.82) is 0 Å². The molecule has 0 fully saturated rings. The first-order valence-corrected chi connectivity index (χ1v) is 7.79. The van der Waals surface area contributed by atoms with Crippen molar-refractivity contribution in [2.45, 2.75) is 53.6 Å². The molecule has 0 saturated heterocycles. The predicted octanol–water partition coefficient (Wildman–Crippen LogP) is 3.00. The SMILES string of the molecule is CC(=O)CC(C)NC(=O)C=Cc1c(C)nn(CC(C)C)c1Cl. The third-order valence-electron chi connectivity index (χ3n) is 3.03. The summed E-state index contributed by atoms with van der Waals surface area (Å²) < 4.78 is 1.75. The quantitative estimate of drug-likeness (QED) is 0.784. The summed E-state index contributed by atoms with van der Waals surface area (Å²) in [5.74, 6) is 0.232. The van der Waals surface area contributed by atoms with E-state index in [1.54, 1.807) is 17.7 Å². The number of amides is 1. The molecule has 122 valence electrons. The van der Waals surface area contributed by atoms with Gasteiger partial charge in [-0.2, -0.15) is 5.10 Å². The molecule has 0 bridgehead atoms. The van der Waals surface area contributed by atoms with Gasteiger partial charge < -0.3 is 5.32 Å². The van der Waals surface area contributed by atoms with E-state index in [1.165, 1.54) is 13.0 Å². The van der Waals surface area contributed by atoms with Gasteiger partial charge in [0.25, 0.3) is 0 Å². The smallest absolute Gasteiger partial charge is 0.244 e. The number of carbonyl (C=O) groups excluding carboxylic acids is 2. The van der Waals surface area contributed by atoms with Crippen LogP contribution < -0.4 is 5.32 Å². The summed E-state index contributed by atoms with van der Waals surface area (Å²) >= 11 is 6.30. The van der Waals surface area contributed by atoms with E-state index in [2.05, 4.69) is 24.3 Å². The van der Waals surface area contributed by atoms with Crippen molar-refractivity contribution in [2.75, 3.05) is 0 Å². The maximum Gasteiger partial charge on any atom is 0.244 e. The molecule has 6 heteroatoms. The van der Waals surface area contributed by atoms with Gasteiger partial charge in [-0.25, -0.2) is 0 Å². The highest BCUT2D eigenvalue weighted by Gasteiger charge is 2.13. The Labute approximate surface area is 136 Å². The van der Waals surface area contributed by atoms with Crippen molar-refractivity contribution in [2.24, 2.45) is 5.92 Å². The molecule has 0 spiro atoms. The normalized spacial score (nSPS) is 12.9. The van der Waals surface area contributed by atoms with Crippen molar-refractivity contribution in [3.05, 3.63) is 22.5 Å². The molecule has 0 aliphatic carbocycles. The van der Waals surface area contributed by atoms with Crippen LogP contribution in [0.5, 0.6) is 0 Å². The highest BCUT2D eigenvalue weighted by atomic mass is 35.5. The lowest BCUT2D eigenvalue weighted by Gasteiger charge is -2.09. The second kappa shape index (κ2) is 8.13. The minimum absolute atomic E-state index is 0.0469. The molecule has 1 aromatic rings. The molecule has 1 N–H and O–H groups in total. The van der Waals surface area contributed by atoms with Crippen LogP contribution in [0.4, 0.5) is 0 Å². The summed E-state index contributed by atoms with van der Waals surface area (Å²) in [4.78, 5) is 22.8. The maximum atomic E-state index is 11.8. The van der Waals surface area contributed by atoms with Crippen LogP contribution in [0.25, 0.3) is 6.08 Å². The van der Waals surface area contributed by atoms with Gasteiger partial charge in [0.1, 0.15) is 10.9 Å². The summed E-state index contributed by atoms with van der Waals surface area (Å²) in [6, 6.07) is -0.185. The van der Waals surface area contributed by atoms with Crippen LogP contribution >= 0.6 is 11.6 Å². The van der Waals surface area contributed by atoms with Crippen LogP contribution in [0.1, 0.15) is 45.4 Å². The molecule has 1 heterocycles. The highest BCUT2D eigenvalue weighted by Crippen LogP contribution is 2.22. The number of hydrogen-bond acceptors (Lipinski definition) is 3. The fraction of sp³-hybridized carbons (Fsp3) is 0.562. The van der Waals surface area contributed by atoms with Crippen molar-refractivity contribution in [1.82, 2.24) is 15.1 Å². The minimum atomic E-state index is -0.249. The van der Waals surface area contributed by atoms with Crippen LogP contribution in [-0.4, -0.2) is 27.5 Å². The molecule has 5 nitrogen and oxygen atoms in total. The lowest BCUT2D eigenvalue weighted by atomic mass is 10.2. The van der Waals surface area contributed by atoms with E-state index in [9.17, 15) is 9.59 Å². The summed E-state index contributed by atoms with van der Waals surface area (Å²) in [6.07, 6.45) is 3.41. The average Bonchev–Trinajstić information content (AvgIpc) is 2.60. The molecule has 1 amide bonds. The number of halogens is 1. The van der Waals surface area contributed by atoms with Gasteiger partial charge in [0.05, 0.1) is 5.69 Å². The first-order chi connectivity index (χ1) is 10.2. The number of aromatic nitrogens is 2. The summed E-state index contributed by atoms with van der Waals surface area (Å²) in [6.45, 7) is 10.1. The Morgan fingerprint density at radius 2 is 2.00 bits per heavy atom. The van der Waals surface area contributed by atoms with E-state index in [0.717, 1.165) is 17.8 Å². The Hall–Kier alpha value is -1.62. The van der Waals surface area contributed by atoms with Gasteiger partial charge >= 0.3 is 0 Å². The van der Waals surface area contributed by atoms with Gasteiger partial charge in [-0.05, 0) is 32.8 Å². The fourth-order valence-corrected chi connectivity index (χ4v) is 2.46. The molecule has 1 atom stereocenters. The van der Waals surface area contributed by atoms with Crippen LogP contribution in [0, 0.1) is 12.8 Å². The Bertz CT molecular complexity index is 576. The largest absolute Gasteiger partial charge is 0.350 e. The lowest BCUT2D eigenvalue weighted by Crippen LogP contribution is -2.32. The Balaban J connectivity index is 2.75. The third kappa shape index (κ3) is 5.64. The van der Waals surface area contributed by atoms with E-state index < -0.39 is 0 Å². The first kappa shape index (κ1) is 18.4. The van der Waals surface area contributed by atoms with Crippen LogP contribution in [-0.2, 0) is 16.1 Å². The molecular weight excluding hydrogens is 302 g/mol. The number of Topliss-reactive ketones (excluding diaryl/α,β-unsaturated/α-hetero) is 1. The molecule has 0 saturated carbocycles. The molecule has 0 aromatic carbocycles. The monoisotopic (exact) mass is 325 g/mol. The van der Waals surface area contributed by atoms with Crippen molar-refractivity contribution in [3.8, 4) is 0 Å². The average molecular weight is 326 g/mol. The van der Waals surface area contributed by atoms with E-state index in [0.29, 0.717) is 17.5 Å². The lowest BCUT2D eigenvalue weighted by molar-refractivity contribution is -0.118. The molecule has 0 radical (unpaired) electrons. The first-order valence-electron chi connectivity index (χ1n) is 7.41. The second-order valence-electron chi connectivity index (χ2n) is 6.01. The molecule has 1 aromatic heterocycles. The number of hydrogen-bond donors (Lipinski definition) is 1. The van der Waals surface area contributed by atoms with E-state index in [-0.39, 0.29) is 17.7 Å². The number of nitrogens with zero attached hydrogens (tertiary/aromatic N) is 2. The second-order valence-corrected chi connectivity index (χ2v) is 6.37. The summed E-state index contributed by atoms with van der Waals surface area (Å²) in [7, 11) is 0. The molecule has 1 unspecified atom stereocenters. The van der Waals surface area contributed by atoms with Gasteiger partial charge in [0.15, 0.2) is 0 Å². The minimum Gasteiger partial charge on any atom is -0.350 e. The Morgan fingerprint density at radius 3 is 2.55 bits per heavy atom. The summed E-state index contributed by atoms with van der Waals surface area (Å²) in [5.41, 5.74) is 1.53. The Kier molecular flexibility index (Phi) is 6.81. The van der Waals surface area contributed by atoms with Crippen molar-refractivity contribution < 1.29 is 9.59 Å². The van der Waals surface area contributed by atoms with E-state index in [1.807, 2.05) is 6.92 Å². The topological polar surface area (TPSA) is 64.0 Å². The predicted molar refractivity (Wildman–Crippen MR) is 88.7 cm³/mol. The van der Waals surface area contributed by atoms with Gasteiger partial charge in [-0.15, -0.1) is 0 Å². The molecule has 0 aliphatic rings. The third-order valence-corrected chi connectivity index (χ3v) is 3.43. The van der Waals surface area contributed by atoms with E-state index in [4.69, 9.17) is 11.6 Å². The van der Waals surface area contributed by atoms with Crippen LogP contribution in [0.3, 0.4) is 0 Å². The zero-order valence-corrected chi connectivity index (χ0v) is 14.6. The van der Waals surface area contributed by atoms with Gasteiger partial charge in [-0.1, -0.05) is 25.4 Å².